The third kappa shape index (κ3) is 8.97. The summed E-state index contributed by atoms with van der Waals surface area (Å²) in [5, 5.41) is 13.4. The van der Waals surface area contributed by atoms with Crippen LogP contribution in [-0.2, 0) is 0 Å². The molecule has 1 fully saturated rings. The Labute approximate surface area is 126 Å². The summed E-state index contributed by atoms with van der Waals surface area (Å²) in [7, 11) is 0. The third-order valence-corrected chi connectivity index (χ3v) is 4.67. The van der Waals surface area contributed by atoms with Crippen molar-refractivity contribution in [1.82, 2.24) is 5.32 Å². The van der Waals surface area contributed by atoms with E-state index in [9.17, 15) is 5.11 Å². The summed E-state index contributed by atoms with van der Waals surface area (Å²) in [6.07, 6.45) is 18.5. The number of nitrogens with one attached hydrogen (secondary N) is 1. The molecule has 0 aromatic carbocycles. The molecule has 0 bridgehead atoms. The quantitative estimate of drug-likeness (QED) is 0.504. The van der Waals surface area contributed by atoms with Crippen LogP contribution in [0, 0.1) is 0 Å². The Hall–Kier alpha value is -0.0800. The Morgan fingerprint density at radius 2 is 1.35 bits per heavy atom. The molecule has 20 heavy (non-hydrogen) atoms. The second kappa shape index (κ2) is 12.6. The van der Waals surface area contributed by atoms with Gasteiger partial charge in [-0.05, 0) is 25.8 Å². The van der Waals surface area contributed by atoms with Crippen LogP contribution in [-0.4, -0.2) is 23.8 Å². The van der Waals surface area contributed by atoms with Gasteiger partial charge in [-0.2, -0.15) is 0 Å². The van der Waals surface area contributed by atoms with Crippen LogP contribution >= 0.6 is 0 Å². The lowest BCUT2D eigenvalue weighted by Crippen LogP contribution is -2.42. The summed E-state index contributed by atoms with van der Waals surface area (Å²) in [6.45, 7) is 3.37. The number of hydrogen-bond acceptors (Lipinski definition) is 2. The zero-order valence-corrected chi connectivity index (χ0v) is 13.7. The smallest absolute Gasteiger partial charge is 0.0693 e. The van der Waals surface area contributed by atoms with Gasteiger partial charge in [0.1, 0.15) is 0 Å². The van der Waals surface area contributed by atoms with E-state index in [0.29, 0.717) is 6.04 Å². The molecular formula is C18H37NO. The predicted molar refractivity (Wildman–Crippen MR) is 88.1 cm³/mol. The van der Waals surface area contributed by atoms with Crippen LogP contribution in [0.3, 0.4) is 0 Å². The van der Waals surface area contributed by atoms with Crippen molar-refractivity contribution in [3.05, 3.63) is 0 Å². The number of rotatable bonds is 12. The van der Waals surface area contributed by atoms with Gasteiger partial charge in [0.15, 0.2) is 0 Å². The van der Waals surface area contributed by atoms with Crippen LogP contribution in [0.15, 0.2) is 0 Å². The number of hydrogen-bond donors (Lipinski definition) is 2. The van der Waals surface area contributed by atoms with Gasteiger partial charge in [0.2, 0.25) is 0 Å². The molecule has 2 unspecified atom stereocenters. The van der Waals surface area contributed by atoms with Crippen LogP contribution in [0.4, 0.5) is 0 Å². The maximum Gasteiger partial charge on any atom is 0.0693 e. The normalized spacial score (nSPS) is 23.1. The van der Waals surface area contributed by atoms with Crippen LogP contribution < -0.4 is 5.32 Å². The molecule has 2 heteroatoms. The van der Waals surface area contributed by atoms with Crippen LogP contribution in [0.1, 0.15) is 96.8 Å². The SMILES string of the molecule is CCCCCCCCCCCCNC1CCCCC1O. The van der Waals surface area contributed by atoms with E-state index in [0.717, 1.165) is 13.0 Å². The first-order valence-electron chi connectivity index (χ1n) is 9.26. The molecule has 0 saturated heterocycles. The largest absolute Gasteiger partial charge is 0.392 e. The van der Waals surface area contributed by atoms with Crippen LogP contribution in [0.5, 0.6) is 0 Å². The number of unbranched alkanes of at least 4 members (excludes halogenated alkanes) is 9. The zero-order valence-electron chi connectivity index (χ0n) is 13.7. The Bertz CT molecular complexity index is 208. The van der Waals surface area contributed by atoms with E-state index in [1.807, 2.05) is 0 Å². The Morgan fingerprint density at radius 3 is 1.95 bits per heavy atom. The maximum atomic E-state index is 9.87. The van der Waals surface area contributed by atoms with Gasteiger partial charge in [-0.15, -0.1) is 0 Å². The molecule has 0 aliphatic heterocycles. The van der Waals surface area contributed by atoms with Crippen molar-refractivity contribution in [3.8, 4) is 0 Å². The average Bonchev–Trinajstić information content (AvgIpc) is 2.46. The fraction of sp³-hybridized carbons (Fsp3) is 1.00. The van der Waals surface area contributed by atoms with Gasteiger partial charge in [0, 0.05) is 6.04 Å². The van der Waals surface area contributed by atoms with E-state index >= 15 is 0 Å². The minimum atomic E-state index is -0.0909. The Kier molecular flexibility index (Phi) is 11.4. The number of aliphatic hydroxyl groups is 1. The summed E-state index contributed by atoms with van der Waals surface area (Å²) in [4.78, 5) is 0. The minimum Gasteiger partial charge on any atom is -0.392 e. The van der Waals surface area contributed by atoms with Crippen molar-refractivity contribution in [2.24, 2.45) is 0 Å². The molecule has 0 aromatic rings. The lowest BCUT2D eigenvalue weighted by atomic mass is 9.92. The molecule has 0 amide bonds. The molecule has 2 nitrogen and oxygen atoms in total. The van der Waals surface area contributed by atoms with E-state index in [-0.39, 0.29) is 6.10 Å². The first-order valence-corrected chi connectivity index (χ1v) is 9.26. The molecule has 1 rings (SSSR count). The summed E-state index contributed by atoms with van der Waals surface area (Å²) >= 11 is 0. The molecule has 0 heterocycles. The van der Waals surface area contributed by atoms with E-state index < -0.39 is 0 Å². The van der Waals surface area contributed by atoms with Crippen LogP contribution in [0.25, 0.3) is 0 Å². The highest BCUT2D eigenvalue weighted by molar-refractivity contribution is 4.79. The topological polar surface area (TPSA) is 32.3 Å². The van der Waals surface area contributed by atoms with E-state index in [1.54, 1.807) is 0 Å². The second-order valence-corrected chi connectivity index (χ2v) is 6.59. The van der Waals surface area contributed by atoms with Gasteiger partial charge in [-0.1, -0.05) is 77.6 Å². The highest BCUT2D eigenvalue weighted by atomic mass is 16.3. The summed E-state index contributed by atoms with van der Waals surface area (Å²) in [5.74, 6) is 0. The van der Waals surface area contributed by atoms with Gasteiger partial charge in [0.25, 0.3) is 0 Å². The van der Waals surface area contributed by atoms with Gasteiger partial charge < -0.3 is 10.4 Å². The summed E-state index contributed by atoms with van der Waals surface area (Å²) < 4.78 is 0. The summed E-state index contributed by atoms with van der Waals surface area (Å²) in [6, 6.07) is 0.377. The van der Waals surface area contributed by atoms with Gasteiger partial charge in [0.05, 0.1) is 6.10 Å². The maximum absolute atomic E-state index is 9.87. The zero-order chi connectivity index (χ0) is 14.5. The van der Waals surface area contributed by atoms with Crippen molar-refractivity contribution in [3.63, 3.8) is 0 Å². The Morgan fingerprint density at radius 1 is 0.800 bits per heavy atom. The highest BCUT2D eigenvalue weighted by Crippen LogP contribution is 2.18. The van der Waals surface area contributed by atoms with Crippen LogP contribution in [0.2, 0.25) is 0 Å². The molecule has 2 atom stereocenters. The lowest BCUT2D eigenvalue weighted by Gasteiger charge is -2.28. The molecule has 1 aliphatic rings. The van der Waals surface area contributed by atoms with E-state index in [1.165, 1.54) is 83.5 Å². The predicted octanol–water partition coefficient (Wildman–Crippen LogP) is 4.80. The average molecular weight is 283 g/mol. The van der Waals surface area contributed by atoms with Gasteiger partial charge >= 0.3 is 0 Å². The Balaban J connectivity index is 1.78. The van der Waals surface area contributed by atoms with Crippen molar-refractivity contribution in [1.29, 1.82) is 0 Å². The van der Waals surface area contributed by atoms with Gasteiger partial charge in [-0.25, -0.2) is 0 Å². The second-order valence-electron chi connectivity index (χ2n) is 6.59. The molecule has 0 radical (unpaired) electrons. The minimum absolute atomic E-state index is 0.0909. The number of aliphatic hydroxyl groups excluding tert-OH is 1. The van der Waals surface area contributed by atoms with Gasteiger partial charge in [-0.3, -0.25) is 0 Å². The van der Waals surface area contributed by atoms with E-state index in [2.05, 4.69) is 12.2 Å². The molecule has 1 saturated carbocycles. The highest BCUT2D eigenvalue weighted by Gasteiger charge is 2.21. The fourth-order valence-electron chi connectivity index (χ4n) is 3.25. The van der Waals surface area contributed by atoms with Crippen molar-refractivity contribution < 1.29 is 5.11 Å². The van der Waals surface area contributed by atoms with Crippen molar-refractivity contribution >= 4 is 0 Å². The third-order valence-electron chi connectivity index (χ3n) is 4.67. The van der Waals surface area contributed by atoms with E-state index in [4.69, 9.17) is 0 Å². The summed E-state index contributed by atoms with van der Waals surface area (Å²) in [5.41, 5.74) is 0. The van der Waals surface area contributed by atoms with Crippen molar-refractivity contribution in [2.45, 2.75) is 109 Å². The fourth-order valence-corrected chi connectivity index (χ4v) is 3.25. The van der Waals surface area contributed by atoms with Crippen molar-refractivity contribution in [2.75, 3.05) is 6.54 Å². The molecule has 0 aromatic heterocycles. The first-order chi connectivity index (χ1) is 9.84. The molecular weight excluding hydrogens is 246 g/mol. The molecule has 120 valence electrons. The monoisotopic (exact) mass is 283 g/mol. The lowest BCUT2D eigenvalue weighted by molar-refractivity contribution is 0.0909. The molecule has 1 aliphatic carbocycles. The standard InChI is InChI=1S/C18H37NO/c1-2-3-4-5-6-7-8-9-10-13-16-19-17-14-11-12-15-18(17)20/h17-20H,2-16H2,1H3. The molecule has 2 N–H and O–H groups in total. The molecule has 0 spiro atoms. The first kappa shape index (κ1) is 18.0.